The fraction of sp³-hybridized carbons (Fsp3) is 0.333. The van der Waals surface area contributed by atoms with Gasteiger partial charge < -0.3 is 9.51 Å². The summed E-state index contributed by atoms with van der Waals surface area (Å²) in [6.45, 7) is 0. The maximum absolute atomic E-state index is 11.5. The molecule has 3 heterocycles. The van der Waals surface area contributed by atoms with Crippen molar-refractivity contribution < 1.29 is 12.9 Å². The van der Waals surface area contributed by atoms with Gasteiger partial charge in [0.15, 0.2) is 9.84 Å². The van der Waals surface area contributed by atoms with Gasteiger partial charge in [-0.25, -0.2) is 8.42 Å². The molecule has 1 unspecified atom stereocenters. The summed E-state index contributed by atoms with van der Waals surface area (Å²) in [5.41, 5.74) is 1.95. The molecule has 22 heavy (non-hydrogen) atoms. The van der Waals surface area contributed by atoms with Crippen molar-refractivity contribution in [3.05, 3.63) is 36.4 Å². The summed E-state index contributed by atoms with van der Waals surface area (Å²) in [5.74, 6) is 1.62. The predicted molar refractivity (Wildman–Crippen MR) is 82.1 cm³/mol. The molecule has 1 N–H and O–H groups in total. The van der Waals surface area contributed by atoms with E-state index in [1.165, 1.54) is 0 Å². The first-order chi connectivity index (χ1) is 10.6. The van der Waals surface area contributed by atoms with Crippen LogP contribution in [-0.4, -0.2) is 35.0 Å². The van der Waals surface area contributed by atoms with Gasteiger partial charge in [0.05, 0.1) is 11.5 Å². The zero-order valence-corrected chi connectivity index (χ0v) is 12.6. The minimum absolute atomic E-state index is 0.0884. The van der Waals surface area contributed by atoms with Gasteiger partial charge in [-0.2, -0.15) is 4.98 Å². The van der Waals surface area contributed by atoms with E-state index < -0.39 is 9.84 Å². The average molecular weight is 317 g/mol. The third kappa shape index (κ3) is 2.52. The predicted octanol–water partition coefficient (Wildman–Crippen LogP) is 2.20. The summed E-state index contributed by atoms with van der Waals surface area (Å²) in [5, 5.41) is 5.10. The number of hydrogen-bond acceptors (Lipinski definition) is 5. The number of benzene rings is 1. The number of nitrogens with one attached hydrogen (secondary N) is 1. The highest BCUT2D eigenvalue weighted by atomic mass is 32.2. The molecule has 0 bridgehead atoms. The lowest BCUT2D eigenvalue weighted by Crippen LogP contribution is -2.07. The Hall–Kier alpha value is -2.15. The quantitative estimate of drug-likeness (QED) is 0.800. The molecule has 1 aliphatic rings. The molecule has 0 saturated carbocycles. The van der Waals surface area contributed by atoms with Crippen LogP contribution in [0.25, 0.3) is 22.3 Å². The highest BCUT2D eigenvalue weighted by Gasteiger charge is 2.29. The highest BCUT2D eigenvalue weighted by Crippen LogP contribution is 2.25. The first kappa shape index (κ1) is 13.5. The fourth-order valence-corrected chi connectivity index (χ4v) is 4.79. The van der Waals surface area contributed by atoms with Crippen LogP contribution in [0.5, 0.6) is 0 Å². The van der Waals surface area contributed by atoms with Gasteiger partial charge in [0, 0.05) is 29.1 Å². The Morgan fingerprint density at radius 3 is 3.05 bits per heavy atom. The van der Waals surface area contributed by atoms with E-state index in [2.05, 4.69) is 15.1 Å². The lowest BCUT2D eigenvalue weighted by atomic mass is 10.1. The Balaban J connectivity index is 1.56. The third-order valence-electron chi connectivity index (χ3n) is 4.07. The molecule has 6 nitrogen and oxygen atoms in total. The molecule has 3 aromatic rings. The lowest BCUT2D eigenvalue weighted by Gasteiger charge is -2.01. The topological polar surface area (TPSA) is 88.9 Å². The molecule has 4 rings (SSSR count). The summed E-state index contributed by atoms with van der Waals surface area (Å²) < 4.78 is 28.3. The SMILES string of the molecule is O=S1(=O)CCC(Cc2nc(-c3ccc4[nH]ccc4c3)no2)C1. The Kier molecular flexibility index (Phi) is 3.04. The Morgan fingerprint density at radius 1 is 1.32 bits per heavy atom. The van der Waals surface area contributed by atoms with Gasteiger partial charge in [-0.15, -0.1) is 0 Å². The summed E-state index contributed by atoms with van der Waals surface area (Å²) in [6, 6.07) is 7.90. The lowest BCUT2D eigenvalue weighted by molar-refractivity contribution is 0.359. The summed E-state index contributed by atoms with van der Waals surface area (Å²) in [7, 11) is -2.87. The maximum atomic E-state index is 11.5. The van der Waals surface area contributed by atoms with Crippen LogP contribution in [0.1, 0.15) is 12.3 Å². The molecular formula is C15H15N3O3S. The first-order valence-electron chi connectivity index (χ1n) is 7.20. The van der Waals surface area contributed by atoms with Gasteiger partial charge in [-0.3, -0.25) is 0 Å². The first-order valence-corrected chi connectivity index (χ1v) is 9.02. The number of rotatable bonds is 3. The van der Waals surface area contributed by atoms with Crippen molar-refractivity contribution in [1.29, 1.82) is 0 Å². The van der Waals surface area contributed by atoms with Crippen molar-refractivity contribution in [3.63, 3.8) is 0 Å². The number of H-pyrrole nitrogens is 1. The van der Waals surface area contributed by atoms with Crippen molar-refractivity contribution in [1.82, 2.24) is 15.1 Å². The van der Waals surface area contributed by atoms with Crippen LogP contribution < -0.4 is 0 Å². The largest absolute Gasteiger partial charge is 0.361 e. The summed E-state index contributed by atoms with van der Waals surface area (Å²) in [6.07, 6.45) is 3.09. The minimum atomic E-state index is -2.87. The van der Waals surface area contributed by atoms with Gasteiger partial charge in [0.2, 0.25) is 11.7 Å². The van der Waals surface area contributed by atoms with Crippen molar-refractivity contribution in [3.8, 4) is 11.4 Å². The second kappa shape index (κ2) is 4.95. The standard InChI is InChI=1S/C15H15N3O3S/c19-22(20)6-4-10(9-22)7-14-17-15(18-21-14)12-1-2-13-11(8-12)3-5-16-13/h1-3,5,8,10,16H,4,6-7,9H2. The fourth-order valence-electron chi connectivity index (χ4n) is 2.93. The normalized spacial score (nSPS) is 20.6. The molecule has 1 aromatic carbocycles. The van der Waals surface area contributed by atoms with Crippen LogP contribution in [0, 0.1) is 5.92 Å². The number of aromatic nitrogens is 3. The Morgan fingerprint density at radius 2 is 2.23 bits per heavy atom. The van der Waals surface area contributed by atoms with Crippen molar-refractivity contribution >= 4 is 20.7 Å². The molecule has 0 spiro atoms. The number of hydrogen-bond donors (Lipinski definition) is 1. The van der Waals surface area contributed by atoms with E-state index in [4.69, 9.17) is 4.52 Å². The van der Waals surface area contributed by atoms with E-state index in [-0.39, 0.29) is 17.4 Å². The molecule has 7 heteroatoms. The van der Waals surface area contributed by atoms with E-state index in [0.29, 0.717) is 24.6 Å². The second-order valence-corrected chi connectivity index (χ2v) is 7.99. The van der Waals surface area contributed by atoms with Crippen molar-refractivity contribution in [2.75, 3.05) is 11.5 Å². The van der Waals surface area contributed by atoms with Crippen LogP contribution in [0.15, 0.2) is 35.0 Å². The molecule has 1 saturated heterocycles. The highest BCUT2D eigenvalue weighted by molar-refractivity contribution is 7.91. The number of aromatic amines is 1. The second-order valence-electron chi connectivity index (χ2n) is 5.76. The maximum Gasteiger partial charge on any atom is 0.227 e. The van der Waals surface area contributed by atoms with Crippen molar-refractivity contribution in [2.24, 2.45) is 5.92 Å². The molecular weight excluding hydrogens is 302 g/mol. The van der Waals surface area contributed by atoms with Gasteiger partial charge in [0.25, 0.3) is 0 Å². The molecule has 1 aliphatic heterocycles. The van der Waals surface area contributed by atoms with Crippen LogP contribution in [0.4, 0.5) is 0 Å². The molecule has 1 fully saturated rings. The van der Waals surface area contributed by atoms with Gasteiger partial charge >= 0.3 is 0 Å². The van der Waals surface area contributed by atoms with Crippen LogP contribution in [-0.2, 0) is 16.3 Å². The van der Waals surface area contributed by atoms with Crippen LogP contribution in [0.2, 0.25) is 0 Å². The number of sulfone groups is 1. The summed E-state index contributed by atoms with van der Waals surface area (Å²) in [4.78, 5) is 7.54. The zero-order chi connectivity index (χ0) is 15.2. The van der Waals surface area contributed by atoms with Crippen LogP contribution >= 0.6 is 0 Å². The molecule has 2 aromatic heterocycles. The van der Waals surface area contributed by atoms with E-state index in [0.717, 1.165) is 16.5 Å². The van der Waals surface area contributed by atoms with E-state index >= 15 is 0 Å². The minimum Gasteiger partial charge on any atom is -0.361 e. The van der Waals surface area contributed by atoms with E-state index in [1.54, 1.807) is 0 Å². The van der Waals surface area contributed by atoms with Gasteiger partial charge in [-0.1, -0.05) is 5.16 Å². The molecule has 114 valence electrons. The van der Waals surface area contributed by atoms with Gasteiger partial charge in [0.1, 0.15) is 0 Å². The molecule has 0 aliphatic carbocycles. The molecule has 1 atom stereocenters. The average Bonchev–Trinajstić information content (AvgIpc) is 3.18. The third-order valence-corrected chi connectivity index (χ3v) is 5.91. The monoisotopic (exact) mass is 317 g/mol. The van der Waals surface area contributed by atoms with E-state index in [1.807, 2.05) is 30.5 Å². The Labute approximate surface area is 127 Å². The van der Waals surface area contributed by atoms with Crippen molar-refractivity contribution in [2.45, 2.75) is 12.8 Å². The smallest absolute Gasteiger partial charge is 0.227 e. The zero-order valence-electron chi connectivity index (χ0n) is 11.8. The van der Waals surface area contributed by atoms with E-state index in [9.17, 15) is 8.42 Å². The number of nitrogens with zero attached hydrogens (tertiary/aromatic N) is 2. The summed E-state index contributed by atoms with van der Waals surface area (Å²) >= 11 is 0. The number of fused-ring (bicyclic) bond motifs is 1. The van der Waals surface area contributed by atoms with Crippen LogP contribution in [0.3, 0.4) is 0 Å². The molecule has 0 amide bonds. The van der Waals surface area contributed by atoms with Gasteiger partial charge in [-0.05, 0) is 36.6 Å². The molecule has 0 radical (unpaired) electrons. The Bertz CT molecular complexity index is 926.